The molecule has 0 saturated heterocycles. The van der Waals surface area contributed by atoms with Crippen molar-refractivity contribution in [1.29, 1.82) is 0 Å². The highest BCUT2D eigenvalue weighted by atomic mass is 16.5. The largest absolute Gasteiger partial charge is 0.491 e. The number of carbonyl (C=O) groups is 1. The van der Waals surface area contributed by atoms with Crippen molar-refractivity contribution in [3.63, 3.8) is 0 Å². The number of hydrogen-bond acceptors (Lipinski definition) is 5. The third kappa shape index (κ3) is 2.58. The standard InChI is InChI=1S/C12H18N4O2/c1-7(12(14)17)16-8-5-9(13)11-10(6-8)18-4-2-3-15-11/h5-7,15-16H,2-4,13H2,1H3,(H2,14,17)/t7-/m0/s1. The summed E-state index contributed by atoms with van der Waals surface area (Å²) < 4.78 is 5.61. The van der Waals surface area contributed by atoms with E-state index in [4.69, 9.17) is 16.2 Å². The Morgan fingerprint density at radius 2 is 2.33 bits per heavy atom. The molecule has 18 heavy (non-hydrogen) atoms. The summed E-state index contributed by atoms with van der Waals surface area (Å²) in [5, 5.41) is 6.22. The monoisotopic (exact) mass is 250 g/mol. The van der Waals surface area contributed by atoms with Gasteiger partial charge in [0.1, 0.15) is 17.5 Å². The van der Waals surface area contributed by atoms with Crippen molar-refractivity contribution in [1.82, 2.24) is 0 Å². The molecule has 1 aromatic carbocycles. The summed E-state index contributed by atoms with van der Waals surface area (Å²) >= 11 is 0. The summed E-state index contributed by atoms with van der Waals surface area (Å²) in [4.78, 5) is 11.0. The Morgan fingerprint density at radius 3 is 3.06 bits per heavy atom. The maximum absolute atomic E-state index is 11.0. The molecular formula is C12H18N4O2. The first-order valence-corrected chi connectivity index (χ1v) is 5.94. The molecule has 0 unspecified atom stereocenters. The summed E-state index contributed by atoms with van der Waals surface area (Å²) in [6.45, 7) is 3.18. The Hall–Kier alpha value is -2.11. The predicted molar refractivity (Wildman–Crippen MR) is 71.7 cm³/mol. The van der Waals surface area contributed by atoms with Gasteiger partial charge in [-0.05, 0) is 19.4 Å². The molecule has 1 heterocycles. The first-order valence-electron chi connectivity index (χ1n) is 5.94. The number of amides is 1. The number of rotatable bonds is 3. The van der Waals surface area contributed by atoms with E-state index in [1.165, 1.54) is 0 Å². The zero-order valence-corrected chi connectivity index (χ0v) is 10.3. The van der Waals surface area contributed by atoms with Crippen LogP contribution >= 0.6 is 0 Å². The van der Waals surface area contributed by atoms with Gasteiger partial charge in [0.05, 0.1) is 12.3 Å². The van der Waals surface area contributed by atoms with Gasteiger partial charge in [0, 0.05) is 18.3 Å². The number of fused-ring (bicyclic) bond motifs is 1. The van der Waals surface area contributed by atoms with Crippen molar-refractivity contribution in [2.45, 2.75) is 19.4 Å². The Labute approximate surface area is 106 Å². The third-order valence-corrected chi connectivity index (χ3v) is 2.82. The number of ether oxygens (including phenoxy) is 1. The van der Waals surface area contributed by atoms with E-state index in [1.54, 1.807) is 13.0 Å². The molecule has 6 N–H and O–H groups in total. The maximum atomic E-state index is 11.0. The van der Waals surface area contributed by atoms with Crippen LogP contribution in [0.2, 0.25) is 0 Å². The van der Waals surface area contributed by atoms with Crippen molar-refractivity contribution in [2.24, 2.45) is 5.73 Å². The van der Waals surface area contributed by atoms with Gasteiger partial charge in [0.25, 0.3) is 0 Å². The van der Waals surface area contributed by atoms with Gasteiger partial charge in [-0.1, -0.05) is 0 Å². The normalized spacial score (nSPS) is 15.6. The molecule has 1 aliphatic heterocycles. The molecule has 1 aromatic rings. The second-order valence-electron chi connectivity index (χ2n) is 4.34. The summed E-state index contributed by atoms with van der Waals surface area (Å²) in [7, 11) is 0. The number of carbonyl (C=O) groups excluding carboxylic acids is 1. The Balaban J connectivity index is 2.26. The third-order valence-electron chi connectivity index (χ3n) is 2.82. The minimum Gasteiger partial charge on any atom is -0.491 e. The summed E-state index contributed by atoms with van der Waals surface area (Å²) in [6, 6.07) is 3.13. The SMILES string of the molecule is C[C@H](Nc1cc(N)c2c(c1)OCCCN2)C(N)=O. The molecule has 98 valence electrons. The van der Waals surface area contributed by atoms with Crippen molar-refractivity contribution < 1.29 is 9.53 Å². The van der Waals surface area contributed by atoms with Gasteiger partial charge in [-0.25, -0.2) is 0 Å². The molecule has 1 aliphatic rings. The van der Waals surface area contributed by atoms with Crippen LogP contribution in [0.1, 0.15) is 13.3 Å². The van der Waals surface area contributed by atoms with Crippen LogP contribution in [-0.4, -0.2) is 25.1 Å². The van der Waals surface area contributed by atoms with E-state index in [0.29, 0.717) is 18.0 Å². The molecule has 0 bridgehead atoms. The number of nitrogen functional groups attached to an aromatic ring is 1. The van der Waals surface area contributed by atoms with Crippen LogP contribution < -0.4 is 26.8 Å². The van der Waals surface area contributed by atoms with Gasteiger partial charge in [0.15, 0.2) is 0 Å². The molecule has 1 atom stereocenters. The fraction of sp³-hybridized carbons (Fsp3) is 0.417. The maximum Gasteiger partial charge on any atom is 0.239 e. The van der Waals surface area contributed by atoms with Crippen LogP contribution in [0.3, 0.4) is 0 Å². The minimum absolute atomic E-state index is 0.414. The predicted octanol–water partition coefficient (Wildman–Crippen LogP) is 0.749. The minimum atomic E-state index is -0.457. The summed E-state index contributed by atoms with van der Waals surface area (Å²) in [5.74, 6) is 0.286. The van der Waals surface area contributed by atoms with Crippen LogP contribution in [0.4, 0.5) is 17.1 Å². The lowest BCUT2D eigenvalue weighted by atomic mass is 10.2. The molecule has 0 fully saturated rings. The average Bonchev–Trinajstić information content (AvgIpc) is 2.54. The zero-order chi connectivity index (χ0) is 13.1. The molecule has 0 spiro atoms. The average molecular weight is 250 g/mol. The molecule has 0 saturated carbocycles. The van der Waals surface area contributed by atoms with E-state index < -0.39 is 11.9 Å². The number of anilines is 3. The Morgan fingerprint density at radius 1 is 1.56 bits per heavy atom. The molecule has 6 nitrogen and oxygen atoms in total. The first kappa shape index (κ1) is 12.3. The van der Waals surface area contributed by atoms with Gasteiger partial charge in [0.2, 0.25) is 5.91 Å². The molecule has 1 amide bonds. The molecule has 0 aliphatic carbocycles. The lowest BCUT2D eigenvalue weighted by Crippen LogP contribution is -2.32. The van der Waals surface area contributed by atoms with E-state index >= 15 is 0 Å². The van der Waals surface area contributed by atoms with Crippen LogP contribution in [0.15, 0.2) is 12.1 Å². The number of nitrogens with one attached hydrogen (secondary N) is 2. The molecule has 6 heteroatoms. The molecule has 0 aromatic heterocycles. The van der Waals surface area contributed by atoms with Crippen LogP contribution in [0.5, 0.6) is 5.75 Å². The molecular weight excluding hydrogens is 232 g/mol. The lowest BCUT2D eigenvalue weighted by molar-refractivity contribution is -0.118. The smallest absolute Gasteiger partial charge is 0.239 e. The highest BCUT2D eigenvalue weighted by Crippen LogP contribution is 2.36. The van der Waals surface area contributed by atoms with E-state index in [2.05, 4.69) is 10.6 Å². The fourth-order valence-electron chi connectivity index (χ4n) is 1.81. The highest BCUT2D eigenvalue weighted by molar-refractivity contribution is 5.84. The van der Waals surface area contributed by atoms with Crippen LogP contribution in [0.25, 0.3) is 0 Å². The number of hydrogen-bond donors (Lipinski definition) is 4. The van der Waals surface area contributed by atoms with E-state index in [-0.39, 0.29) is 0 Å². The summed E-state index contributed by atoms with van der Waals surface area (Å²) in [5.41, 5.74) is 13.3. The number of primary amides is 1. The van der Waals surface area contributed by atoms with Gasteiger partial charge in [-0.15, -0.1) is 0 Å². The van der Waals surface area contributed by atoms with E-state index in [9.17, 15) is 4.79 Å². The number of nitrogens with two attached hydrogens (primary N) is 2. The van der Waals surface area contributed by atoms with Crippen molar-refractivity contribution >= 4 is 23.0 Å². The van der Waals surface area contributed by atoms with Crippen molar-refractivity contribution in [3.05, 3.63) is 12.1 Å². The van der Waals surface area contributed by atoms with E-state index in [1.807, 2.05) is 6.07 Å². The second kappa shape index (κ2) is 5.03. The van der Waals surface area contributed by atoms with Gasteiger partial charge >= 0.3 is 0 Å². The highest BCUT2D eigenvalue weighted by Gasteiger charge is 2.15. The van der Waals surface area contributed by atoms with Gasteiger partial charge in [-0.2, -0.15) is 0 Å². The fourth-order valence-corrected chi connectivity index (χ4v) is 1.81. The van der Waals surface area contributed by atoms with Crippen molar-refractivity contribution in [3.8, 4) is 5.75 Å². The first-order chi connectivity index (χ1) is 8.58. The Kier molecular flexibility index (Phi) is 3.45. The molecule has 0 radical (unpaired) electrons. The van der Waals surface area contributed by atoms with Crippen molar-refractivity contribution in [2.75, 3.05) is 29.5 Å². The Bertz CT molecular complexity index is 462. The summed E-state index contributed by atoms with van der Waals surface area (Å²) in [6.07, 6.45) is 0.925. The lowest BCUT2D eigenvalue weighted by Gasteiger charge is -2.16. The van der Waals surface area contributed by atoms with Gasteiger partial charge < -0.3 is 26.8 Å². The van der Waals surface area contributed by atoms with Gasteiger partial charge in [-0.3, -0.25) is 4.79 Å². The second-order valence-corrected chi connectivity index (χ2v) is 4.34. The van der Waals surface area contributed by atoms with E-state index in [0.717, 1.165) is 24.3 Å². The zero-order valence-electron chi connectivity index (χ0n) is 10.3. The van der Waals surface area contributed by atoms with Crippen LogP contribution in [0, 0.1) is 0 Å². The molecule has 2 rings (SSSR count). The quantitative estimate of drug-likeness (QED) is 0.593. The number of benzene rings is 1. The topological polar surface area (TPSA) is 102 Å². The van der Waals surface area contributed by atoms with Crippen LogP contribution in [-0.2, 0) is 4.79 Å².